The molecule has 0 saturated heterocycles. The molecule has 3 rings (SSSR count). The molecule has 0 fully saturated rings. The maximum absolute atomic E-state index is 9.88. The van der Waals surface area contributed by atoms with Gasteiger partial charge in [-0.15, -0.1) is 11.8 Å². The third-order valence-electron chi connectivity index (χ3n) is 3.39. The Labute approximate surface area is 127 Å². The van der Waals surface area contributed by atoms with Gasteiger partial charge in [-0.05, 0) is 35.9 Å². The fourth-order valence-electron chi connectivity index (χ4n) is 2.25. The standard InChI is InChI=1S/C16H16O4S/c1-18-11-4-6-14-16(8-11)21-9-15(20-14)10-3-5-13(19-2)12(17)7-10/h3-8,15,17H,9H2,1-2H3/t15-/m1/s1. The topological polar surface area (TPSA) is 47.9 Å². The first-order valence-electron chi connectivity index (χ1n) is 6.55. The molecule has 1 atom stereocenters. The van der Waals surface area contributed by atoms with Gasteiger partial charge in [0.2, 0.25) is 0 Å². The Balaban J connectivity index is 1.84. The molecule has 2 aromatic carbocycles. The number of ether oxygens (including phenoxy) is 3. The summed E-state index contributed by atoms with van der Waals surface area (Å²) in [6, 6.07) is 11.1. The molecule has 1 aliphatic heterocycles. The number of benzene rings is 2. The predicted octanol–water partition coefficient (Wildman–Crippen LogP) is 3.64. The van der Waals surface area contributed by atoms with E-state index in [2.05, 4.69) is 0 Å². The fourth-order valence-corrected chi connectivity index (χ4v) is 3.30. The van der Waals surface area contributed by atoms with Crippen LogP contribution in [0.15, 0.2) is 41.3 Å². The van der Waals surface area contributed by atoms with Gasteiger partial charge in [-0.1, -0.05) is 6.07 Å². The van der Waals surface area contributed by atoms with Crippen molar-refractivity contribution in [2.75, 3.05) is 20.0 Å². The number of phenols is 1. The van der Waals surface area contributed by atoms with Crippen LogP contribution in [-0.4, -0.2) is 25.1 Å². The molecule has 0 amide bonds. The lowest BCUT2D eigenvalue weighted by atomic mass is 10.1. The van der Waals surface area contributed by atoms with E-state index in [1.54, 1.807) is 31.0 Å². The molecule has 0 aliphatic carbocycles. The zero-order chi connectivity index (χ0) is 14.8. The van der Waals surface area contributed by atoms with E-state index in [1.807, 2.05) is 24.3 Å². The van der Waals surface area contributed by atoms with Gasteiger partial charge in [0.1, 0.15) is 17.6 Å². The highest BCUT2D eigenvalue weighted by molar-refractivity contribution is 7.99. The number of rotatable bonds is 3. The van der Waals surface area contributed by atoms with Gasteiger partial charge in [0, 0.05) is 5.75 Å². The van der Waals surface area contributed by atoms with Gasteiger partial charge in [0.05, 0.1) is 19.1 Å². The summed E-state index contributed by atoms with van der Waals surface area (Å²) in [4.78, 5) is 1.07. The van der Waals surface area contributed by atoms with Crippen LogP contribution in [0.25, 0.3) is 0 Å². The van der Waals surface area contributed by atoms with Gasteiger partial charge in [-0.2, -0.15) is 0 Å². The van der Waals surface area contributed by atoms with Gasteiger partial charge in [-0.25, -0.2) is 0 Å². The monoisotopic (exact) mass is 304 g/mol. The van der Waals surface area contributed by atoms with Crippen LogP contribution >= 0.6 is 11.8 Å². The summed E-state index contributed by atoms with van der Waals surface area (Å²) in [7, 11) is 3.18. The van der Waals surface area contributed by atoms with Crippen molar-refractivity contribution in [3.63, 3.8) is 0 Å². The molecule has 21 heavy (non-hydrogen) atoms. The van der Waals surface area contributed by atoms with Crippen LogP contribution in [0, 0.1) is 0 Å². The minimum atomic E-state index is -0.0901. The molecular weight excluding hydrogens is 288 g/mol. The maximum atomic E-state index is 9.88. The Bertz CT molecular complexity index is 657. The second-order valence-electron chi connectivity index (χ2n) is 4.66. The smallest absolute Gasteiger partial charge is 0.160 e. The molecule has 4 nitrogen and oxygen atoms in total. The molecule has 1 aliphatic rings. The lowest BCUT2D eigenvalue weighted by molar-refractivity contribution is 0.219. The van der Waals surface area contributed by atoms with E-state index in [4.69, 9.17) is 14.2 Å². The van der Waals surface area contributed by atoms with Gasteiger partial charge in [0.25, 0.3) is 0 Å². The highest BCUT2D eigenvalue weighted by Gasteiger charge is 2.23. The van der Waals surface area contributed by atoms with Gasteiger partial charge < -0.3 is 19.3 Å². The normalized spacial score (nSPS) is 16.8. The number of aromatic hydroxyl groups is 1. The van der Waals surface area contributed by atoms with E-state index in [0.29, 0.717) is 5.75 Å². The molecule has 0 bridgehead atoms. The SMILES string of the molecule is COc1ccc2c(c1)SC[C@H](c1ccc(OC)c(O)c1)O2. The summed E-state index contributed by atoms with van der Waals surface area (Å²) < 4.78 is 16.3. The summed E-state index contributed by atoms with van der Waals surface area (Å²) >= 11 is 1.72. The Kier molecular flexibility index (Phi) is 3.84. The van der Waals surface area contributed by atoms with E-state index in [9.17, 15) is 5.11 Å². The average molecular weight is 304 g/mol. The third-order valence-corrected chi connectivity index (χ3v) is 4.48. The predicted molar refractivity (Wildman–Crippen MR) is 81.7 cm³/mol. The molecule has 0 spiro atoms. The minimum absolute atomic E-state index is 0.0901. The number of thioether (sulfide) groups is 1. The summed E-state index contributed by atoms with van der Waals surface area (Å²) in [6.45, 7) is 0. The molecule has 1 N–H and O–H groups in total. The first-order chi connectivity index (χ1) is 10.2. The zero-order valence-corrected chi connectivity index (χ0v) is 12.6. The lowest BCUT2D eigenvalue weighted by Gasteiger charge is -2.26. The van der Waals surface area contributed by atoms with E-state index in [-0.39, 0.29) is 11.9 Å². The zero-order valence-electron chi connectivity index (χ0n) is 11.8. The van der Waals surface area contributed by atoms with Crippen molar-refractivity contribution in [3.05, 3.63) is 42.0 Å². The Morgan fingerprint density at radius 1 is 1.14 bits per heavy atom. The van der Waals surface area contributed by atoms with Crippen molar-refractivity contribution in [2.24, 2.45) is 0 Å². The summed E-state index contributed by atoms with van der Waals surface area (Å²) in [5.41, 5.74) is 0.933. The lowest BCUT2D eigenvalue weighted by Crippen LogP contribution is -2.14. The molecule has 0 aromatic heterocycles. The molecule has 0 saturated carbocycles. The number of phenolic OH excluding ortho intramolecular Hbond substituents is 1. The summed E-state index contributed by atoms with van der Waals surface area (Å²) in [5.74, 6) is 3.04. The molecule has 1 heterocycles. The summed E-state index contributed by atoms with van der Waals surface area (Å²) in [5, 5.41) is 9.88. The average Bonchev–Trinajstić information content (AvgIpc) is 2.53. The second kappa shape index (κ2) is 5.77. The molecular formula is C16H16O4S. The molecule has 2 aromatic rings. The van der Waals surface area contributed by atoms with Crippen molar-refractivity contribution in [1.82, 2.24) is 0 Å². The number of hydrogen-bond acceptors (Lipinski definition) is 5. The third kappa shape index (κ3) is 2.74. The number of fused-ring (bicyclic) bond motifs is 1. The maximum Gasteiger partial charge on any atom is 0.160 e. The van der Waals surface area contributed by atoms with Crippen LogP contribution < -0.4 is 14.2 Å². The Morgan fingerprint density at radius 2 is 2.00 bits per heavy atom. The first-order valence-corrected chi connectivity index (χ1v) is 7.54. The highest BCUT2D eigenvalue weighted by Crippen LogP contribution is 2.43. The summed E-state index contributed by atoms with van der Waals surface area (Å²) in [6.07, 6.45) is -0.0901. The van der Waals surface area contributed by atoms with Crippen molar-refractivity contribution in [3.8, 4) is 23.0 Å². The second-order valence-corrected chi connectivity index (χ2v) is 5.72. The molecule has 5 heteroatoms. The van der Waals surface area contributed by atoms with Crippen molar-refractivity contribution in [1.29, 1.82) is 0 Å². The van der Waals surface area contributed by atoms with Crippen molar-refractivity contribution < 1.29 is 19.3 Å². The molecule has 0 unspecified atom stereocenters. The van der Waals surface area contributed by atoms with Crippen LogP contribution in [0.4, 0.5) is 0 Å². The Hall–Kier alpha value is -2.01. The highest BCUT2D eigenvalue weighted by atomic mass is 32.2. The Morgan fingerprint density at radius 3 is 2.71 bits per heavy atom. The van der Waals surface area contributed by atoms with Crippen LogP contribution in [0.5, 0.6) is 23.0 Å². The van der Waals surface area contributed by atoms with E-state index in [0.717, 1.165) is 27.7 Å². The first kappa shape index (κ1) is 13.9. The van der Waals surface area contributed by atoms with Crippen LogP contribution in [0.1, 0.15) is 11.7 Å². The molecule has 0 radical (unpaired) electrons. The van der Waals surface area contributed by atoms with Crippen molar-refractivity contribution in [2.45, 2.75) is 11.0 Å². The largest absolute Gasteiger partial charge is 0.504 e. The quantitative estimate of drug-likeness (QED) is 0.938. The van der Waals surface area contributed by atoms with Gasteiger partial charge in [0.15, 0.2) is 11.5 Å². The van der Waals surface area contributed by atoms with Crippen LogP contribution in [-0.2, 0) is 0 Å². The molecule has 110 valence electrons. The van der Waals surface area contributed by atoms with Gasteiger partial charge in [-0.3, -0.25) is 0 Å². The van der Waals surface area contributed by atoms with E-state index < -0.39 is 0 Å². The minimum Gasteiger partial charge on any atom is -0.504 e. The van der Waals surface area contributed by atoms with E-state index >= 15 is 0 Å². The van der Waals surface area contributed by atoms with Crippen LogP contribution in [0.3, 0.4) is 0 Å². The fraction of sp³-hybridized carbons (Fsp3) is 0.250. The number of hydrogen-bond donors (Lipinski definition) is 1. The number of methoxy groups -OCH3 is 2. The van der Waals surface area contributed by atoms with Crippen molar-refractivity contribution >= 4 is 11.8 Å². The van der Waals surface area contributed by atoms with Gasteiger partial charge >= 0.3 is 0 Å². The van der Waals surface area contributed by atoms with Crippen LogP contribution in [0.2, 0.25) is 0 Å². The van der Waals surface area contributed by atoms with E-state index in [1.165, 1.54) is 7.11 Å².